The number of aliphatic hydroxyl groups is 1. The number of amides is 1. The van der Waals surface area contributed by atoms with E-state index < -0.39 is 16.1 Å². The summed E-state index contributed by atoms with van der Waals surface area (Å²) in [7, 11) is -3.59. The molecular weight excluding hydrogens is 450 g/mol. The van der Waals surface area contributed by atoms with Crippen LogP contribution in [0.5, 0.6) is 0 Å². The summed E-state index contributed by atoms with van der Waals surface area (Å²) in [4.78, 5) is 11.7. The number of carbonyl (C=O) groups excluding carboxylic acids is 1. The first-order chi connectivity index (χ1) is 15.9. The molecule has 4 aliphatic carbocycles. The lowest BCUT2D eigenvalue weighted by Crippen LogP contribution is -2.56. The highest BCUT2D eigenvalue weighted by Crippen LogP contribution is 2.69. The Labute approximate surface area is 207 Å². The highest BCUT2D eigenvalue weighted by molar-refractivity contribution is 7.89. The topological polar surface area (TPSA) is 92.7 Å². The molecule has 0 bridgehead atoms. The fourth-order valence-corrected chi connectivity index (χ4v) is 9.99. The molecule has 7 heteroatoms. The third-order valence-corrected chi connectivity index (χ3v) is 11.7. The van der Waals surface area contributed by atoms with E-state index in [1.165, 1.54) is 44.9 Å². The van der Waals surface area contributed by atoms with Crippen molar-refractivity contribution in [1.29, 1.82) is 0 Å². The van der Waals surface area contributed by atoms with Gasteiger partial charge >= 0.3 is 6.09 Å². The third kappa shape index (κ3) is 4.77. The summed E-state index contributed by atoms with van der Waals surface area (Å²) in [5.74, 6) is 4.85. The number of fused-ring (bicyclic) bond motifs is 5. The van der Waals surface area contributed by atoms with Crippen LogP contribution in [0.2, 0.25) is 0 Å². The molecule has 4 fully saturated rings. The summed E-state index contributed by atoms with van der Waals surface area (Å²) in [5, 5.41) is 10.5. The predicted molar refractivity (Wildman–Crippen MR) is 133 cm³/mol. The first kappa shape index (κ1) is 26.2. The first-order valence-electron chi connectivity index (χ1n) is 13.7. The molecule has 4 saturated carbocycles. The minimum absolute atomic E-state index is 0.101. The summed E-state index contributed by atoms with van der Waals surface area (Å²) in [5.41, 5.74) is 0.722. The van der Waals surface area contributed by atoms with Crippen LogP contribution in [0.25, 0.3) is 0 Å². The van der Waals surface area contributed by atoms with Gasteiger partial charge in [0, 0.05) is 0 Å². The van der Waals surface area contributed by atoms with Gasteiger partial charge in [0.15, 0.2) is 0 Å². The zero-order valence-corrected chi connectivity index (χ0v) is 22.7. The molecule has 0 saturated heterocycles. The van der Waals surface area contributed by atoms with Gasteiger partial charge in [0.05, 0.1) is 19.0 Å². The van der Waals surface area contributed by atoms with Crippen molar-refractivity contribution in [2.24, 2.45) is 52.3 Å². The predicted octanol–water partition coefficient (Wildman–Crippen LogP) is 5.35. The van der Waals surface area contributed by atoms with Gasteiger partial charge in [0.25, 0.3) is 0 Å². The van der Waals surface area contributed by atoms with Crippen molar-refractivity contribution >= 4 is 16.1 Å². The average Bonchev–Trinajstić information content (AvgIpc) is 3.10. The van der Waals surface area contributed by atoms with Crippen molar-refractivity contribution in [3.05, 3.63) is 0 Å². The largest absolute Gasteiger partial charge is 0.449 e. The van der Waals surface area contributed by atoms with Gasteiger partial charge in [0.1, 0.15) is 0 Å². The van der Waals surface area contributed by atoms with Crippen molar-refractivity contribution in [1.82, 2.24) is 4.72 Å². The second-order valence-corrected chi connectivity index (χ2v) is 14.6. The number of hydrogen-bond donors (Lipinski definition) is 2. The number of carbonyl (C=O) groups is 1. The fourth-order valence-electron chi connectivity index (χ4n) is 9.63. The molecule has 0 aromatic carbocycles. The van der Waals surface area contributed by atoms with Crippen LogP contribution in [0.4, 0.5) is 4.79 Å². The maximum atomic E-state index is 11.7. The van der Waals surface area contributed by atoms with Crippen molar-refractivity contribution in [2.75, 3.05) is 12.9 Å². The minimum atomic E-state index is -3.59. The average molecular weight is 498 g/mol. The van der Waals surface area contributed by atoms with Gasteiger partial charge < -0.3 is 9.84 Å². The molecule has 0 aromatic heterocycles. The minimum Gasteiger partial charge on any atom is -0.449 e. The van der Waals surface area contributed by atoms with Crippen molar-refractivity contribution in [2.45, 2.75) is 98.0 Å². The van der Waals surface area contributed by atoms with E-state index >= 15 is 0 Å². The van der Waals surface area contributed by atoms with E-state index in [0.29, 0.717) is 28.6 Å². The molecule has 0 aromatic rings. The first-order valence-corrected chi connectivity index (χ1v) is 15.6. The molecule has 196 valence electrons. The molecule has 10 atom stereocenters. The number of nitrogens with one attached hydrogen (secondary N) is 1. The third-order valence-electron chi connectivity index (χ3n) is 11.2. The molecule has 4 aliphatic rings. The SMILES string of the molecule is CC[C@H]1C[C@H]2[C@@H]3CC[C@H]([C@H](C)CCOC(=O)NS(C)(=O)=O)[C@@]3(C)CC[C@@H]2[C@@]2(C)CC[C@@H](O)CC12. The summed E-state index contributed by atoms with van der Waals surface area (Å²) in [6, 6.07) is 0. The van der Waals surface area contributed by atoms with Gasteiger partial charge in [-0.3, -0.25) is 0 Å². The smallest absolute Gasteiger partial charge is 0.420 e. The Kier molecular flexibility index (Phi) is 7.39. The quantitative estimate of drug-likeness (QED) is 0.516. The Balaban J connectivity index is 1.43. The molecule has 4 rings (SSSR count). The monoisotopic (exact) mass is 497 g/mol. The summed E-state index contributed by atoms with van der Waals surface area (Å²) in [6.07, 6.45) is 11.6. The molecule has 0 heterocycles. The van der Waals surface area contributed by atoms with Crippen molar-refractivity contribution in [3.8, 4) is 0 Å². The fraction of sp³-hybridized carbons (Fsp3) is 0.963. The van der Waals surface area contributed by atoms with E-state index in [9.17, 15) is 18.3 Å². The molecule has 0 radical (unpaired) electrons. The van der Waals surface area contributed by atoms with Crippen LogP contribution < -0.4 is 4.72 Å². The molecule has 0 spiro atoms. The van der Waals surface area contributed by atoms with E-state index in [-0.39, 0.29) is 12.7 Å². The summed E-state index contributed by atoms with van der Waals surface area (Å²) >= 11 is 0. The van der Waals surface area contributed by atoms with Gasteiger partial charge in [-0.2, -0.15) is 0 Å². The highest BCUT2D eigenvalue weighted by Gasteiger charge is 2.62. The maximum Gasteiger partial charge on any atom is 0.420 e. The van der Waals surface area contributed by atoms with E-state index in [1.807, 2.05) is 4.72 Å². The van der Waals surface area contributed by atoms with Gasteiger partial charge in [-0.05, 0) is 110 Å². The number of rotatable bonds is 6. The zero-order valence-electron chi connectivity index (χ0n) is 21.9. The molecular formula is C27H47NO5S. The highest BCUT2D eigenvalue weighted by atomic mass is 32.2. The Bertz CT molecular complexity index is 861. The maximum absolute atomic E-state index is 11.7. The summed E-state index contributed by atoms with van der Waals surface area (Å²) in [6.45, 7) is 10.0. The van der Waals surface area contributed by atoms with Crippen LogP contribution in [-0.4, -0.2) is 38.6 Å². The van der Waals surface area contributed by atoms with E-state index in [2.05, 4.69) is 27.7 Å². The number of ether oxygens (including phenoxy) is 1. The van der Waals surface area contributed by atoms with Gasteiger partial charge in [-0.15, -0.1) is 0 Å². The van der Waals surface area contributed by atoms with Crippen LogP contribution in [0.15, 0.2) is 0 Å². The molecule has 1 unspecified atom stereocenters. The van der Waals surface area contributed by atoms with Crippen molar-refractivity contribution < 1.29 is 23.1 Å². The molecule has 6 nitrogen and oxygen atoms in total. The lowest BCUT2D eigenvalue weighted by atomic mass is 9.42. The van der Waals surface area contributed by atoms with Gasteiger partial charge in [-0.25, -0.2) is 17.9 Å². The molecule has 1 amide bonds. The summed E-state index contributed by atoms with van der Waals surface area (Å²) < 4.78 is 29.5. The number of aliphatic hydroxyl groups excluding tert-OH is 1. The molecule has 2 N–H and O–H groups in total. The van der Waals surface area contributed by atoms with E-state index in [0.717, 1.165) is 49.2 Å². The Hall–Kier alpha value is -0.820. The lowest BCUT2D eigenvalue weighted by molar-refractivity contribution is -0.152. The Morgan fingerprint density at radius 1 is 1.06 bits per heavy atom. The number of sulfonamides is 1. The Morgan fingerprint density at radius 3 is 2.41 bits per heavy atom. The Morgan fingerprint density at radius 2 is 1.74 bits per heavy atom. The molecule has 0 aliphatic heterocycles. The standard InChI is InChI=1S/C27H47NO5S/c1-6-18-15-20-22-8-7-21(17(2)11-14-33-25(30)28-34(5,31)32)26(22,3)13-10-23(20)27(4)12-9-19(29)16-24(18)27/h17-24,29H,6-16H2,1-5H3,(H,28,30)/t17-,18+,19-,20+,21-,22+,23+,24?,26-,27-/m1/s1. The van der Waals surface area contributed by atoms with Crippen LogP contribution in [0, 0.1) is 52.3 Å². The molecule has 34 heavy (non-hydrogen) atoms. The second-order valence-electron chi connectivity index (χ2n) is 12.8. The second kappa shape index (κ2) is 9.57. The van der Waals surface area contributed by atoms with E-state index in [4.69, 9.17) is 4.74 Å². The van der Waals surface area contributed by atoms with Crippen LogP contribution in [0.1, 0.15) is 91.9 Å². The van der Waals surface area contributed by atoms with E-state index in [1.54, 1.807) is 0 Å². The van der Waals surface area contributed by atoms with Crippen LogP contribution in [-0.2, 0) is 14.8 Å². The lowest BCUT2D eigenvalue weighted by Gasteiger charge is -2.63. The van der Waals surface area contributed by atoms with Gasteiger partial charge in [-0.1, -0.05) is 34.1 Å². The normalized spacial score (nSPS) is 44.9. The van der Waals surface area contributed by atoms with Gasteiger partial charge in [0.2, 0.25) is 10.0 Å². The number of hydrogen-bond acceptors (Lipinski definition) is 5. The van der Waals surface area contributed by atoms with Crippen LogP contribution in [0.3, 0.4) is 0 Å². The zero-order chi connectivity index (χ0) is 24.9. The van der Waals surface area contributed by atoms with Crippen molar-refractivity contribution in [3.63, 3.8) is 0 Å². The van der Waals surface area contributed by atoms with Crippen LogP contribution >= 0.6 is 0 Å².